The molecule has 1 heterocycles. The summed E-state index contributed by atoms with van der Waals surface area (Å²) in [5.41, 5.74) is 0.916. The Hall–Kier alpha value is -1.72. The highest BCUT2D eigenvalue weighted by Crippen LogP contribution is 2.32. The second kappa shape index (κ2) is 5.50. The lowest BCUT2D eigenvalue weighted by Gasteiger charge is -2.08. The minimum atomic E-state index is -0.253. The first-order chi connectivity index (χ1) is 9.33. The van der Waals surface area contributed by atoms with Crippen molar-refractivity contribution < 1.29 is 9.52 Å². The van der Waals surface area contributed by atoms with Gasteiger partial charge in [-0.05, 0) is 30.9 Å². The smallest absolute Gasteiger partial charge is 0.247 e. The van der Waals surface area contributed by atoms with Crippen molar-refractivity contribution in [1.29, 1.82) is 0 Å². The predicted octanol–water partition coefficient (Wildman–Crippen LogP) is 1.60. The highest BCUT2D eigenvalue weighted by Gasteiger charge is 2.29. The molecule has 1 unspecified atom stereocenters. The van der Waals surface area contributed by atoms with Crippen LogP contribution in [0.2, 0.25) is 0 Å². The number of rotatable bonds is 6. The molecule has 2 N–H and O–H groups in total. The van der Waals surface area contributed by atoms with Crippen molar-refractivity contribution in [2.75, 3.05) is 6.54 Å². The van der Waals surface area contributed by atoms with E-state index in [9.17, 15) is 5.11 Å². The first-order valence-corrected chi connectivity index (χ1v) is 6.59. The minimum absolute atomic E-state index is 0.253. The zero-order valence-corrected chi connectivity index (χ0v) is 10.6. The fraction of sp³-hybridized carbons (Fsp3) is 0.429. The molecular formula is C14H17N3O2. The van der Waals surface area contributed by atoms with E-state index in [4.69, 9.17) is 4.42 Å². The normalized spacial score (nSPS) is 16.5. The third-order valence-corrected chi connectivity index (χ3v) is 3.28. The molecule has 0 saturated heterocycles. The molecule has 0 spiro atoms. The molecule has 19 heavy (non-hydrogen) atoms. The van der Waals surface area contributed by atoms with Gasteiger partial charge in [0.2, 0.25) is 11.8 Å². The number of aromatic nitrogens is 2. The number of nitrogens with zero attached hydrogens (tertiary/aromatic N) is 2. The van der Waals surface area contributed by atoms with Gasteiger partial charge in [-0.2, -0.15) is 0 Å². The van der Waals surface area contributed by atoms with E-state index < -0.39 is 0 Å². The second-order valence-corrected chi connectivity index (χ2v) is 4.90. The van der Waals surface area contributed by atoms with Crippen LogP contribution in [0, 0.1) is 5.92 Å². The molecule has 1 aromatic carbocycles. The summed E-state index contributed by atoms with van der Waals surface area (Å²) in [6.07, 6.45) is 2.03. The summed E-state index contributed by atoms with van der Waals surface area (Å²) in [7, 11) is 0. The Morgan fingerprint density at radius 3 is 2.79 bits per heavy atom. The van der Waals surface area contributed by atoms with Gasteiger partial charge in [-0.3, -0.25) is 0 Å². The molecule has 0 amide bonds. The highest BCUT2D eigenvalue weighted by molar-refractivity contribution is 5.51. The van der Waals surface area contributed by atoms with E-state index in [1.165, 1.54) is 0 Å². The molecule has 100 valence electrons. The quantitative estimate of drug-likeness (QED) is 0.824. The van der Waals surface area contributed by atoms with Crippen LogP contribution in [0.15, 0.2) is 34.7 Å². The van der Waals surface area contributed by atoms with Crippen LogP contribution in [0.4, 0.5) is 0 Å². The summed E-state index contributed by atoms with van der Waals surface area (Å²) in [4.78, 5) is 0. The van der Waals surface area contributed by atoms with Crippen molar-refractivity contribution >= 4 is 0 Å². The minimum Gasteiger partial charge on any atom is -0.419 e. The van der Waals surface area contributed by atoms with Gasteiger partial charge in [-0.25, -0.2) is 0 Å². The molecule has 0 radical (unpaired) electrons. The Balaban J connectivity index is 1.53. The Morgan fingerprint density at radius 1 is 1.26 bits per heavy atom. The number of aliphatic hydroxyl groups excluding tert-OH is 1. The predicted molar refractivity (Wildman–Crippen MR) is 70.2 cm³/mol. The van der Waals surface area contributed by atoms with Gasteiger partial charge >= 0.3 is 0 Å². The Bertz CT molecular complexity index is 522. The van der Waals surface area contributed by atoms with Crippen molar-refractivity contribution in [2.24, 2.45) is 5.92 Å². The van der Waals surface area contributed by atoms with E-state index in [1.807, 2.05) is 30.3 Å². The van der Waals surface area contributed by atoms with Crippen molar-refractivity contribution in [3.05, 3.63) is 36.2 Å². The lowest BCUT2D eigenvalue weighted by molar-refractivity contribution is 0.147. The van der Waals surface area contributed by atoms with Crippen LogP contribution >= 0.6 is 0 Å². The molecule has 0 aliphatic heterocycles. The van der Waals surface area contributed by atoms with Gasteiger partial charge in [0.25, 0.3) is 0 Å². The van der Waals surface area contributed by atoms with E-state index in [0.29, 0.717) is 30.8 Å². The molecule has 1 atom stereocenters. The molecular weight excluding hydrogens is 242 g/mol. The Kier molecular flexibility index (Phi) is 3.57. The summed E-state index contributed by atoms with van der Waals surface area (Å²) in [6.45, 7) is 1.07. The number of aliphatic hydroxyl groups is 1. The lowest BCUT2D eigenvalue weighted by Crippen LogP contribution is -2.27. The van der Waals surface area contributed by atoms with Gasteiger partial charge in [-0.1, -0.05) is 18.2 Å². The van der Waals surface area contributed by atoms with Crippen molar-refractivity contribution in [1.82, 2.24) is 15.5 Å². The molecule has 1 saturated carbocycles. The SMILES string of the molecule is OC(CNCc1nnc(-c2ccccc2)o1)C1CC1. The van der Waals surface area contributed by atoms with Crippen LogP contribution < -0.4 is 5.32 Å². The second-order valence-electron chi connectivity index (χ2n) is 4.90. The van der Waals surface area contributed by atoms with Crippen LogP contribution in [0.1, 0.15) is 18.7 Å². The molecule has 1 aromatic heterocycles. The van der Waals surface area contributed by atoms with Gasteiger partial charge in [0.05, 0.1) is 12.6 Å². The summed E-state index contributed by atoms with van der Waals surface area (Å²) < 4.78 is 5.56. The highest BCUT2D eigenvalue weighted by atomic mass is 16.4. The average molecular weight is 259 g/mol. The zero-order valence-electron chi connectivity index (χ0n) is 10.6. The molecule has 5 nitrogen and oxygen atoms in total. The number of hydrogen-bond donors (Lipinski definition) is 2. The molecule has 1 aliphatic rings. The van der Waals surface area contributed by atoms with Crippen LogP contribution in [-0.2, 0) is 6.54 Å². The van der Waals surface area contributed by atoms with Gasteiger partial charge in [0.1, 0.15) is 0 Å². The maximum absolute atomic E-state index is 9.72. The summed E-state index contributed by atoms with van der Waals surface area (Å²) in [5, 5.41) is 20.9. The van der Waals surface area contributed by atoms with Crippen LogP contribution in [0.3, 0.4) is 0 Å². The van der Waals surface area contributed by atoms with Gasteiger partial charge in [-0.15, -0.1) is 10.2 Å². The molecule has 2 aromatic rings. The number of hydrogen-bond acceptors (Lipinski definition) is 5. The monoisotopic (exact) mass is 259 g/mol. The molecule has 5 heteroatoms. The lowest BCUT2D eigenvalue weighted by atomic mass is 10.2. The summed E-state index contributed by atoms with van der Waals surface area (Å²) in [5.74, 6) is 1.55. The van der Waals surface area contributed by atoms with Crippen molar-refractivity contribution in [3.63, 3.8) is 0 Å². The van der Waals surface area contributed by atoms with Crippen molar-refractivity contribution in [2.45, 2.75) is 25.5 Å². The molecule has 0 bridgehead atoms. The average Bonchev–Trinajstić information content (AvgIpc) is 3.20. The maximum Gasteiger partial charge on any atom is 0.247 e. The van der Waals surface area contributed by atoms with Gasteiger partial charge in [0, 0.05) is 12.1 Å². The summed E-state index contributed by atoms with van der Waals surface area (Å²) >= 11 is 0. The van der Waals surface area contributed by atoms with Crippen molar-refractivity contribution in [3.8, 4) is 11.5 Å². The van der Waals surface area contributed by atoms with E-state index in [2.05, 4.69) is 15.5 Å². The molecule has 1 aliphatic carbocycles. The first-order valence-electron chi connectivity index (χ1n) is 6.59. The Labute approximate surface area is 111 Å². The fourth-order valence-corrected chi connectivity index (χ4v) is 2.00. The maximum atomic E-state index is 9.72. The Morgan fingerprint density at radius 2 is 2.05 bits per heavy atom. The third-order valence-electron chi connectivity index (χ3n) is 3.28. The van der Waals surface area contributed by atoms with E-state index >= 15 is 0 Å². The fourth-order valence-electron chi connectivity index (χ4n) is 2.00. The standard InChI is InChI=1S/C14H17N3O2/c18-12(10-6-7-10)8-15-9-13-16-17-14(19-13)11-4-2-1-3-5-11/h1-5,10,12,15,18H,6-9H2. The van der Waals surface area contributed by atoms with Crippen LogP contribution in [0.5, 0.6) is 0 Å². The third kappa shape index (κ3) is 3.19. The molecule has 3 rings (SSSR count). The van der Waals surface area contributed by atoms with Crippen LogP contribution in [-0.4, -0.2) is 28.0 Å². The number of benzene rings is 1. The van der Waals surface area contributed by atoms with E-state index in [0.717, 1.165) is 18.4 Å². The summed E-state index contributed by atoms with van der Waals surface area (Å²) in [6, 6.07) is 9.68. The zero-order chi connectivity index (χ0) is 13.1. The van der Waals surface area contributed by atoms with E-state index in [1.54, 1.807) is 0 Å². The number of nitrogens with one attached hydrogen (secondary N) is 1. The largest absolute Gasteiger partial charge is 0.419 e. The van der Waals surface area contributed by atoms with Crippen LogP contribution in [0.25, 0.3) is 11.5 Å². The molecule has 1 fully saturated rings. The van der Waals surface area contributed by atoms with Gasteiger partial charge < -0.3 is 14.8 Å². The van der Waals surface area contributed by atoms with E-state index in [-0.39, 0.29) is 6.10 Å². The first kappa shape index (κ1) is 12.3. The van der Waals surface area contributed by atoms with Gasteiger partial charge in [0.15, 0.2) is 0 Å². The topological polar surface area (TPSA) is 71.2 Å².